The maximum absolute atomic E-state index is 12.3. The fourth-order valence-electron chi connectivity index (χ4n) is 3.58. The van der Waals surface area contributed by atoms with Crippen molar-refractivity contribution < 1.29 is 14.4 Å². The third-order valence-electron chi connectivity index (χ3n) is 5.18. The van der Waals surface area contributed by atoms with Gasteiger partial charge in [0, 0.05) is 45.6 Å². The van der Waals surface area contributed by atoms with Gasteiger partial charge in [-0.15, -0.1) is 0 Å². The fourth-order valence-corrected chi connectivity index (χ4v) is 3.58. The molecule has 2 saturated heterocycles. The number of carbonyl (C=O) groups excluding carboxylic acids is 3. The molecule has 3 amide bonds. The predicted molar refractivity (Wildman–Crippen MR) is 98.1 cm³/mol. The van der Waals surface area contributed by atoms with Crippen LogP contribution in [0.1, 0.15) is 36.8 Å². The summed E-state index contributed by atoms with van der Waals surface area (Å²) in [4.78, 5) is 40.1. The monoisotopic (exact) mass is 357 g/mol. The van der Waals surface area contributed by atoms with Crippen LogP contribution in [0, 0.1) is 12.8 Å². The van der Waals surface area contributed by atoms with Gasteiger partial charge in [-0.3, -0.25) is 14.4 Å². The van der Waals surface area contributed by atoms with E-state index in [0.29, 0.717) is 26.1 Å². The van der Waals surface area contributed by atoms with Crippen LogP contribution in [0.2, 0.25) is 0 Å². The topological polar surface area (TPSA) is 69.7 Å². The van der Waals surface area contributed by atoms with Crippen LogP contribution < -0.4 is 5.32 Å². The molecule has 0 aromatic heterocycles. The number of amides is 3. The van der Waals surface area contributed by atoms with E-state index in [1.165, 1.54) is 5.56 Å². The Balaban J connectivity index is 1.43. The van der Waals surface area contributed by atoms with Gasteiger partial charge in [-0.25, -0.2) is 0 Å². The molecule has 140 valence electrons. The Hall–Kier alpha value is -2.37. The Labute approximate surface area is 154 Å². The molecule has 0 aliphatic carbocycles. The Morgan fingerprint density at radius 3 is 2.54 bits per heavy atom. The van der Waals surface area contributed by atoms with Gasteiger partial charge < -0.3 is 15.1 Å². The highest BCUT2D eigenvalue weighted by Crippen LogP contribution is 2.20. The normalized spacial score (nSPS) is 19.9. The second-order valence-corrected chi connectivity index (χ2v) is 7.29. The molecule has 1 unspecified atom stereocenters. The third kappa shape index (κ3) is 4.62. The van der Waals surface area contributed by atoms with Gasteiger partial charge in [0.05, 0.1) is 5.92 Å². The van der Waals surface area contributed by atoms with Crippen LogP contribution in [0.3, 0.4) is 0 Å². The van der Waals surface area contributed by atoms with Crippen molar-refractivity contribution in [2.24, 2.45) is 5.92 Å². The second-order valence-electron chi connectivity index (χ2n) is 7.29. The SMILES string of the molecule is Cc1ccc(CN2CC(C(=O)NCCC(=O)N3CCCC3)CC2=O)cc1. The molecule has 26 heavy (non-hydrogen) atoms. The summed E-state index contributed by atoms with van der Waals surface area (Å²) in [5.74, 6) is -0.334. The largest absolute Gasteiger partial charge is 0.355 e. The minimum Gasteiger partial charge on any atom is -0.355 e. The Morgan fingerprint density at radius 2 is 1.85 bits per heavy atom. The minimum absolute atomic E-state index is 0.0128. The van der Waals surface area contributed by atoms with Crippen molar-refractivity contribution in [1.29, 1.82) is 0 Å². The van der Waals surface area contributed by atoms with E-state index in [1.807, 2.05) is 36.1 Å². The number of hydrogen-bond donors (Lipinski definition) is 1. The molecule has 2 aliphatic rings. The highest BCUT2D eigenvalue weighted by molar-refractivity contribution is 5.89. The van der Waals surface area contributed by atoms with Crippen molar-refractivity contribution in [1.82, 2.24) is 15.1 Å². The van der Waals surface area contributed by atoms with Crippen LogP contribution in [-0.4, -0.2) is 53.7 Å². The van der Waals surface area contributed by atoms with Crippen LogP contribution in [0.15, 0.2) is 24.3 Å². The first-order chi connectivity index (χ1) is 12.5. The van der Waals surface area contributed by atoms with Crippen molar-refractivity contribution in [3.8, 4) is 0 Å². The van der Waals surface area contributed by atoms with E-state index < -0.39 is 0 Å². The summed E-state index contributed by atoms with van der Waals surface area (Å²) >= 11 is 0. The molecule has 0 spiro atoms. The van der Waals surface area contributed by atoms with E-state index >= 15 is 0 Å². The Bertz CT molecular complexity index is 665. The predicted octanol–water partition coefficient (Wildman–Crippen LogP) is 1.47. The summed E-state index contributed by atoms with van der Waals surface area (Å²) < 4.78 is 0. The molecule has 0 radical (unpaired) electrons. The Kier molecular flexibility index (Phi) is 5.91. The van der Waals surface area contributed by atoms with E-state index in [4.69, 9.17) is 0 Å². The molecule has 2 fully saturated rings. The molecule has 1 aromatic rings. The number of hydrogen-bond acceptors (Lipinski definition) is 3. The summed E-state index contributed by atoms with van der Waals surface area (Å²) in [6.45, 7) is 5.02. The highest BCUT2D eigenvalue weighted by Gasteiger charge is 2.34. The van der Waals surface area contributed by atoms with Crippen LogP contribution >= 0.6 is 0 Å². The van der Waals surface area contributed by atoms with E-state index in [9.17, 15) is 14.4 Å². The number of aryl methyl sites for hydroxylation is 1. The average Bonchev–Trinajstić information content (AvgIpc) is 3.27. The molecular formula is C20H27N3O3. The third-order valence-corrected chi connectivity index (χ3v) is 5.18. The van der Waals surface area contributed by atoms with Crippen molar-refractivity contribution >= 4 is 17.7 Å². The first-order valence-electron chi connectivity index (χ1n) is 9.42. The standard InChI is InChI=1S/C20H27N3O3/c1-15-4-6-16(7-5-15)13-23-14-17(12-19(23)25)20(26)21-9-8-18(24)22-10-2-3-11-22/h4-7,17H,2-3,8-14H2,1H3,(H,21,26). The van der Waals surface area contributed by atoms with Gasteiger partial charge in [-0.1, -0.05) is 29.8 Å². The fraction of sp³-hybridized carbons (Fsp3) is 0.550. The maximum Gasteiger partial charge on any atom is 0.225 e. The van der Waals surface area contributed by atoms with E-state index in [-0.39, 0.29) is 30.1 Å². The molecule has 2 heterocycles. The molecule has 2 aliphatic heterocycles. The molecule has 1 aromatic carbocycles. The smallest absolute Gasteiger partial charge is 0.225 e. The van der Waals surface area contributed by atoms with Gasteiger partial charge in [-0.05, 0) is 25.3 Å². The lowest BCUT2D eigenvalue weighted by Crippen LogP contribution is -2.36. The maximum atomic E-state index is 12.3. The van der Waals surface area contributed by atoms with Crippen LogP contribution in [0.25, 0.3) is 0 Å². The average molecular weight is 357 g/mol. The van der Waals surface area contributed by atoms with Crippen molar-refractivity contribution in [3.63, 3.8) is 0 Å². The molecule has 6 nitrogen and oxygen atoms in total. The first kappa shape index (κ1) is 18.4. The summed E-state index contributed by atoms with van der Waals surface area (Å²) in [5.41, 5.74) is 2.25. The number of nitrogens with zero attached hydrogens (tertiary/aromatic N) is 2. The van der Waals surface area contributed by atoms with E-state index in [2.05, 4.69) is 5.32 Å². The number of nitrogens with one attached hydrogen (secondary N) is 1. The lowest BCUT2D eigenvalue weighted by Gasteiger charge is -2.17. The molecule has 1 atom stereocenters. The van der Waals surface area contributed by atoms with Crippen LogP contribution in [0.5, 0.6) is 0 Å². The molecule has 0 saturated carbocycles. The summed E-state index contributed by atoms with van der Waals surface area (Å²) in [5, 5.41) is 2.83. The van der Waals surface area contributed by atoms with E-state index in [1.54, 1.807) is 4.90 Å². The lowest BCUT2D eigenvalue weighted by atomic mass is 10.1. The number of likely N-dealkylation sites (tertiary alicyclic amines) is 2. The van der Waals surface area contributed by atoms with Crippen molar-refractivity contribution in [2.75, 3.05) is 26.2 Å². The zero-order valence-corrected chi connectivity index (χ0v) is 15.4. The summed E-state index contributed by atoms with van der Waals surface area (Å²) in [6, 6.07) is 8.08. The zero-order chi connectivity index (χ0) is 18.5. The highest BCUT2D eigenvalue weighted by atomic mass is 16.2. The molecule has 6 heteroatoms. The lowest BCUT2D eigenvalue weighted by molar-refractivity contribution is -0.131. The quantitative estimate of drug-likeness (QED) is 0.838. The van der Waals surface area contributed by atoms with E-state index in [0.717, 1.165) is 31.5 Å². The minimum atomic E-state index is -0.324. The van der Waals surface area contributed by atoms with Gasteiger partial charge >= 0.3 is 0 Å². The summed E-state index contributed by atoms with van der Waals surface area (Å²) in [7, 11) is 0. The van der Waals surface area contributed by atoms with Gasteiger partial charge in [-0.2, -0.15) is 0 Å². The van der Waals surface area contributed by atoms with Crippen molar-refractivity contribution in [3.05, 3.63) is 35.4 Å². The molecular weight excluding hydrogens is 330 g/mol. The van der Waals surface area contributed by atoms with Crippen molar-refractivity contribution in [2.45, 2.75) is 39.2 Å². The number of benzene rings is 1. The van der Waals surface area contributed by atoms with Crippen LogP contribution in [0.4, 0.5) is 0 Å². The van der Waals surface area contributed by atoms with Gasteiger partial charge in [0.2, 0.25) is 17.7 Å². The first-order valence-corrected chi connectivity index (χ1v) is 9.42. The summed E-state index contributed by atoms with van der Waals surface area (Å²) in [6.07, 6.45) is 2.72. The van der Waals surface area contributed by atoms with Gasteiger partial charge in [0.25, 0.3) is 0 Å². The number of rotatable bonds is 6. The Morgan fingerprint density at radius 1 is 1.15 bits per heavy atom. The van der Waals surface area contributed by atoms with Crippen LogP contribution in [-0.2, 0) is 20.9 Å². The molecule has 3 rings (SSSR count). The second kappa shape index (κ2) is 8.34. The van der Waals surface area contributed by atoms with Gasteiger partial charge in [0.15, 0.2) is 0 Å². The zero-order valence-electron chi connectivity index (χ0n) is 15.4. The molecule has 1 N–H and O–H groups in total. The molecule has 0 bridgehead atoms. The van der Waals surface area contributed by atoms with Gasteiger partial charge in [0.1, 0.15) is 0 Å². The number of carbonyl (C=O) groups is 3.